The molecule has 0 aromatic rings. The third kappa shape index (κ3) is 7.29. The maximum absolute atomic E-state index is 10.5. The van der Waals surface area contributed by atoms with Gasteiger partial charge < -0.3 is 9.57 Å². The van der Waals surface area contributed by atoms with E-state index in [9.17, 15) is 4.79 Å². The summed E-state index contributed by atoms with van der Waals surface area (Å²) >= 11 is 0. The minimum absolute atomic E-state index is 0.100. The quantitative estimate of drug-likeness (QED) is 0.359. The molecule has 0 amide bonds. The molecule has 0 saturated heterocycles. The number of esters is 1. The number of carbonyl (C=O) groups excluding carboxylic acids is 1. The lowest BCUT2D eigenvalue weighted by Gasteiger charge is -2.05. The fourth-order valence-electron chi connectivity index (χ4n) is 0.408. The molecule has 0 aliphatic rings. The van der Waals surface area contributed by atoms with Crippen LogP contribution in [0.2, 0.25) is 0 Å². The molecular weight excluding hydrogens is 146 g/mol. The van der Waals surface area contributed by atoms with E-state index < -0.39 is 0 Å². The van der Waals surface area contributed by atoms with Crippen LogP contribution in [0.15, 0.2) is 0 Å². The number of ether oxygens (including phenoxy) is 1. The average Bonchev–Trinajstić information content (AvgIpc) is 1.97. The first-order valence-corrected chi connectivity index (χ1v) is 3.58. The van der Waals surface area contributed by atoms with E-state index in [4.69, 9.17) is 4.84 Å². The molecule has 66 valence electrons. The SMILES string of the molecule is COC(=O)CNOCC(C)C. The molecule has 0 aromatic carbocycles. The van der Waals surface area contributed by atoms with Gasteiger partial charge in [-0.15, -0.1) is 0 Å². The summed E-state index contributed by atoms with van der Waals surface area (Å²) < 4.78 is 4.38. The Bertz CT molecular complexity index is 114. The highest BCUT2D eigenvalue weighted by atomic mass is 16.6. The molecule has 0 heterocycles. The smallest absolute Gasteiger partial charge is 0.322 e. The number of nitrogens with one attached hydrogen (secondary N) is 1. The standard InChI is InChI=1S/C7H15NO3/c1-6(2)5-11-8-4-7(9)10-3/h6,8H,4-5H2,1-3H3. The first-order valence-electron chi connectivity index (χ1n) is 3.58. The molecule has 4 nitrogen and oxygen atoms in total. The summed E-state index contributed by atoms with van der Waals surface area (Å²) in [5.41, 5.74) is 2.49. The molecule has 0 saturated carbocycles. The van der Waals surface area contributed by atoms with Gasteiger partial charge in [-0.1, -0.05) is 13.8 Å². The molecule has 0 radical (unpaired) electrons. The van der Waals surface area contributed by atoms with Crippen molar-refractivity contribution >= 4 is 5.97 Å². The second-order valence-electron chi connectivity index (χ2n) is 2.60. The molecule has 1 N–H and O–H groups in total. The van der Waals surface area contributed by atoms with E-state index in [-0.39, 0.29) is 12.5 Å². The number of hydroxylamine groups is 1. The monoisotopic (exact) mass is 161 g/mol. The lowest BCUT2D eigenvalue weighted by molar-refractivity contribution is -0.142. The Labute approximate surface area is 66.8 Å². The van der Waals surface area contributed by atoms with Crippen molar-refractivity contribution < 1.29 is 14.4 Å². The minimum Gasteiger partial charge on any atom is -0.468 e. The van der Waals surface area contributed by atoms with Gasteiger partial charge in [0.05, 0.1) is 13.7 Å². The van der Waals surface area contributed by atoms with Gasteiger partial charge in [-0.05, 0) is 5.92 Å². The van der Waals surface area contributed by atoms with Crippen LogP contribution in [0.4, 0.5) is 0 Å². The van der Waals surface area contributed by atoms with Crippen molar-refractivity contribution in [3.05, 3.63) is 0 Å². The van der Waals surface area contributed by atoms with Gasteiger partial charge in [-0.25, -0.2) is 0 Å². The summed E-state index contributed by atoms with van der Waals surface area (Å²) in [7, 11) is 1.34. The van der Waals surface area contributed by atoms with Crippen LogP contribution in [-0.2, 0) is 14.4 Å². The van der Waals surface area contributed by atoms with Crippen LogP contribution in [0, 0.1) is 5.92 Å². The Balaban J connectivity index is 3.08. The third-order valence-corrected chi connectivity index (χ3v) is 0.963. The maximum atomic E-state index is 10.5. The van der Waals surface area contributed by atoms with Crippen molar-refractivity contribution in [2.75, 3.05) is 20.3 Å². The Hall–Kier alpha value is -0.610. The first kappa shape index (κ1) is 10.4. The van der Waals surface area contributed by atoms with Gasteiger partial charge in [0.1, 0.15) is 6.54 Å². The van der Waals surface area contributed by atoms with Crippen LogP contribution < -0.4 is 5.48 Å². The maximum Gasteiger partial charge on any atom is 0.322 e. The summed E-state index contributed by atoms with van der Waals surface area (Å²) in [6.45, 7) is 4.75. The Morgan fingerprint density at radius 2 is 2.18 bits per heavy atom. The Kier molecular flexibility index (Phi) is 5.78. The lowest BCUT2D eigenvalue weighted by Crippen LogP contribution is -2.25. The zero-order valence-electron chi connectivity index (χ0n) is 7.22. The number of methoxy groups -OCH3 is 1. The molecule has 0 aromatic heterocycles. The normalized spacial score (nSPS) is 10.2. The van der Waals surface area contributed by atoms with Crippen molar-refractivity contribution in [2.24, 2.45) is 5.92 Å². The highest BCUT2D eigenvalue weighted by Crippen LogP contribution is 1.89. The van der Waals surface area contributed by atoms with Crippen molar-refractivity contribution in [2.45, 2.75) is 13.8 Å². The second kappa shape index (κ2) is 6.12. The molecule has 0 rings (SSSR count). The molecule has 0 spiro atoms. The van der Waals surface area contributed by atoms with E-state index in [0.717, 1.165) is 0 Å². The van der Waals surface area contributed by atoms with E-state index in [2.05, 4.69) is 10.2 Å². The zero-order chi connectivity index (χ0) is 8.69. The highest BCUT2D eigenvalue weighted by molar-refractivity contribution is 5.71. The summed E-state index contributed by atoms with van der Waals surface area (Å²) in [6.07, 6.45) is 0. The van der Waals surface area contributed by atoms with Crippen LogP contribution in [0.25, 0.3) is 0 Å². The summed E-state index contributed by atoms with van der Waals surface area (Å²) in [6, 6.07) is 0. The molecule has 0 bridgehead atoms. The number of hydrogen-bond donors (Lipinski definition) is 1. The van der Waals surface area contributed by atoms with E-state index >= 15 is 0 Å². The van der Waals surface area contributed by atoms with E-state index in [1.165, 1.54) is 7.11 Å². The van der Waals surface area contributed by atoms with Crippen LogP contribution in [-0.4, -0.2) is 26.2 Å². The van der Waals surface area contributed by atoms with Crippen LogP contribution >= 0.6 is 0 Å². The van der Waals surface area contributed by atoms with Gasteiger partial charge in [-0.3, -0.25) is 4.79 Å². The van der Waals surface area contributed by atoms with E-state index in [0.29, 0.717) is 12.5 Å². The van der Waals surface area contributed by atoms with Gasteiger partial charge in [0.2, 0.25) is 0 Å². The van der Waals surface area contributed by atoms with Gasteiger partial charge in [0, 0.05) is 0 Å². The van der Waals surface area contributed by atoms with Gasteiger partial charge >= 0.3 is 5.97 Å². The Morgan fingerprint density at radius 3 is 2.64 bits per heavy atom. The summed E-state index contributed by atoms with van der Waals surface area (Å²) in [5, 5.41) is 0. The lowest BCUT2D eigenvalue weighted by atomic mass is 10.2. The van der Waals surface area contributed by atoms with Gasteiger partial charge in [0.15, 0.2) is 0 Å². The molecule has 0 atom stereocenters. The largest absolute Gasteiger partial charge is 0.468 e. The third-order valence-electron chi connectivity index (χ3n) is 0.963. The predicted molar refractivity (Wildman–Crippen MR) is 40.8 cm³/mol. The average molecular weight is 161 g/mol. The van der Waals surface area contributed by atoms with Crippen LogP contribution in [0.5, 0.6) is 0 Å². The van der Waals surface area contributed by atoms with Crippen molar-refractivity contribution in [1.82, 2.24) is 5.48 Å². The molecule has 4 heteroatoms. The molecule has 11 heavy (non-hydrogen) atoms. The van der Waals surface area contributed by atoms with Gasteiger partial charge in [0.25, 0.3) is 0 Å². The topological polar surface area (TPSA) is 47.6 Å². The Morgan fingerprint density at radius 1 is 1.55 bits per heavy atom. The first-order chi connectivity index (χ1) is 5.16. The molecule has 0 fully saturated rings. The minimum atomic E-state index is -0.325. The summed E-state index contributed by atoms with van der Waals surface area (Å²) in [5.74, 6) is 0.133. The van der Waals surface area contributed by atoms with E-state index in [1.54, 1.807) is 0 Å². The second-order valence-corrected chi connectivity index (χ2v) is 2.60. The van der Waals surface area contributed by atoms with Crippen molar-refractivity contribution in [3.8, 4) is 0 Å². The number of carbonyl (C=O) groups is 1. The molecule has 0 aliphatic carbocycles. The molecular formula is C7H15NO3. The van der Waals surface area contributed by atoms with Crippen LogP contribution in [0.3, 0.4) is 0 Å². The zero-order valence-corrected chi connectivity index (χ0v) is 7.22. The van der Waals surface area contributed by atoms with Gasteiger partial charge in [-0.2, -0.15) is 5.48 Å². The van der Waals surface area contributed by atoms with Crippen molar-refractivity contribution in [3.63, 3.8) is 0 Å². The van der Waals surface area contributed by atoms with Crippen molar-refractivity contribution in [1.29, 1.82) is 0 Å². The fraction of sp³-hybridized carbons (Fsp3) is 0.857. The number of rotatable bonds is 5. The summed E-state index contributed by atoms with van der Waals surface area (Å²) in [4.78, 5) is 15.4. The molecule has 0 unspecified atom stereocenters. The predicted octanol–water partition coefficient (Wildman–Crippen LogP) is 0.337. The number of hydrogen-bond acceptors (Lipinski definition) is 4. The fourth-order valence-corrected chi connectivity index (χ4v) is 0.408. The highest BCUT2D eigenvalue weighted by Gasteiger charge is 1.98. The van der Waals surface area contributed by atoms with Crippen LogP contribution in [0.1, 0.15) is 13.8 Å². The van der Waals surface area contributed by atoms with E-state index in [1.807, 2.05) is 13.8 Å². The molecule has 0 aliphatic heterocycles.